The average molecular weight is 250 g/mol. The fraction of sp³-hybridized carbons (Fsp3) is 0.667. The lowest BCUT2D eigenvalue weighted by Gasteiger charge is -2.36. The summed E-state index contributed by atoms with van der Waals surface area (Å²) in [5.41, 5.74) is 0.400. The minimum absolute atomic E-state index is 0.284. The number of thiophene rings is 1. The third-order valence-electron chi connectivity index (χ3n) is 4.09. The minimum atomic E-state index is 0.284. The molecule has 1 aliphatic carbocycles. The molecule has 0 amide bonds. The highest BCUT2D eigenvalue weighted by Crippen LogP contribution is 2.40. The molecule has 0 aliphatic heterocycles. The summed E-state index contributed by atoms with van der Waals surface area (Å²) in [4.78, 5) is 13.2. The Hall–Kier alpha value is -0.630. The molecule has 0 unspecified atom stereocenters. The molecular weight excluding hydrogens is 228 g/mol. The van der Waals surface area contributed by atoms with Gasteiger partial charge in [-0.1, -0.05) is 26.8 Å². The van der Waals surface area contributed by atoms with Crippen LogP contribution in [0.4, 0.5) is 0 Å². The maximum Gasteiger partial charge on any atom is 0.175 e. The molecule has 0 radical (unpaired) electrons. The summed E-state index contributed by atoms with van der Waals surface area (Å²) >= 11 is 1.58. The summed E-state index contributed by atoms with van der Waals surface area (Å²) in [7, 11) is 0. The smallest absolute Gasteiger partial charge is 0.175 e. The third-order valence-corrected chi connectivity index (χ3v) is 4.97. The molecule has 1 fully saturated rings. The first kappa shape index (κ1) is 12.8. The van der Waals surface area contributed by atoms with E-state index in [9.17, 15) is 4.79 Å². The molecule has 0 spiro atoms. The molecule has 0 saturated heterocycles. The largest absolute Gasteiger partial charge is 0.293 e. The Bertz CT molecular complexity index is 364. The van der Waals surface area contributed by atoms with Crippen LogP contribution in [0, 0.1) is 17.3 Å². The zero-order chi connectivity index (χ0) is 12.5. The molecule has 1 aromatic rings. The second-order valence-electron chi connectivity index (χ2n) is 6.26. The Kier molecular flexibility index (Phi) is 3.72. The van der Waals surface area contributed by atoms with Gasteiger partial charge in [0, 0.05) is 5.92 Å². The van der Waals surface area contributed by atoms with Gasteiger partial charge in [0.25, 0.3) is 0 Å². The lowest BCUT2D eigenvalue weighted by atomic mass is 9.69. The van der Waals surface area contributed by atoms with Crippen LogP contribution in [0.1, 0.15) is 56.1 Å². The topological polar surface area (TPSA) is 17.1 Å². The third kappa shape index (κ3) is 2.98. The van der Waals surface area contributed by atoms with Gasteiger partial charge in [0.2, 0.25) is 0 Å². The zero-order valence-corrected chi connectivity index (χ0v) is 11.8. The maximum atomic E-state index is 12.2. The fourth-order valence-corrected chi connectivity index (χ4v) is 3.59. The molecule has 1 aliphatic rings. The van der Waals surface area contributed by atoms with Crippen molar-refractivity contribution >= 4 is 17.1 Å². The van der Waals surface area contributed by atoms with Crippen LogP contribution in [0.25, 0.3) is 0 Å². The maximum absolute atomic E-state index is 12.2. The van der Waals surface area contributed by atoms with E-state index in [1.54, 1.807) is 11.3 Å². The van der Waals surface area contributed by atoms with Crippen molar-refractivity contribution in [3.63, 3.8) is 0 Å². The van der Waals surface area contributed by atoms with Crippen LogP contribution >= 0.6 is 11.3 Å². The average Bonchev–Trinajstić information content (AvgIpc) is 2.80. The molecule has 1 nitrogen and oxygen atoms in total. The van der Waals surface area contributed by atoms with Gasteiger partial charge in [0.05, 0.1) is 4.88 Å². The minimum Gasteiger partial charge on any atom is -0.293 e. The van der Waals surface area contributed by atoms with Crippen molar-refractivity contribution in [1.29, 1.82) is 0 Å². The molecule has 0 atom stereocenters. The molecule has 0 bridgehead atoms. The van der Waals surface area contributed by atoms with Gasteiger partial charge in [0.15, 0.2) is 5.78 Å². The quantitative estimate of drug-likeness (QED) is 0.690. The Labute approximate surface area is 108 Å². The van der Waals surface area contributed by atoms with E-state index in [1.165, 1.54) is 12.8 Å². The number of hydrogen-bond donors (Lipinski definition) is 0. The standard InChI is InChI=1S/C15H22OS/c1-15(2,3)12-8-6-11(7-9-12)14(16)13-5-4-10-17-13/h4-5,10-12H,6-9H2,1-3H3. The molecule has 0 N–H and O–H groups in total. The Morgan fingerprint density at radius 2 is 1.88 bits per heavy atom. The number of Topliss-reactive ketones (excluding diaryl/α,β-unsaturated/α-hetero) is 1. The van der Waals surface area contributed by atoms with Crippen LogP contribution in [0.15, 0.2) is 17.5 Å². The first-order valence-corrected chi connectivity index (χ1v) is 7.44. The van der Waals surface area contributed by atoms with Crippen molar-refractivity contribution in [3.05, 3.63) is 22.4 Å². The van der Waals surface area contributed by atoms with Crippen molar-refractivity contribution in [3.8, 4) is 0 Å². The van der Waals surface area contributed by atoms with E-state index < -0.39 is 0 Å². The number of rotatable bonds is 2. The van der Waals surface area contributed by atoms with Gasteiger partial charge in [0.1, 0.15) is 0 Å². The van der Waals surface area contributed by atoms with E-state index in [2.05, 4.69) is 20.8 Å². The highest BCUT2D eigenvalue weighted by atomic mass is 32.1. The van der Waals surface area contributed by atoms with Crippen molar-refractivity contribution in [1.82, 2.24) is 0 Å². The van der Waals surface area contributed by atoms with Gasteiger partial charge in [-0.3, -0.25) is 4.79 Å². The van der Waals surface area contributed by atoms with Gasteiger partial charge in [-0.15, -0.1) is 11.3 Å². The Morgan fingerprint density at radius 3 is 2.35 bits per heavy atom. The molecule has 1 saturated carbocycles. The van der Waals surface area contributed by atoms with Crippen LogP contribution in [0.2, 0.25) is 0 Å². The van der Waals surface area contributed by atoms with Crippen LogP contribution in [0.5, 0.6) is 0 Å². The summed E-state index contributed by atoms with van der Waals surface area (Å²) in [5, 5.41) is 1.99. The van der Waals surface area contributed by atoms with E-state index in [-0.39, 0.29) is 5.92 Å². The van der Waals surface area contributed by atoms with Crippen molar-refractivity contribution in [2.45, 2.75) is 46.5 Å². The first-order valence-electron chi connectivity index (χ1n) is 6.56. The summed E-state index contributed by atoms with van der Waals surface area (Å²) in [5.74, 6) is 1.45. The normalized spacial score (nSPS) is 25.8. The van der Waals surface area contributed by atoms with E-state index in [0.717, 1.165) is 23.6 Å². The van der Waals surface area contributed by atoms with Crippen molar-refractivity contribution < 1.29 is 4.79 Å². The predicted molar refractivity (Wildman–Crippen MR) is 73.6 cm³/mol. The summed E-state index contributed by atoms with van der Waals surface area (Å²) in [6.45, 7) is 6.96. The molecule has 94 valence electrons. The first-order chi connectivity index (χ1) is 7.98. The van der Waals surface area contributed by atoms with Crippen LogP contribution in [0.3, 0.4) is 0 Å². The van der Waals surface area contributed by atoms with Crippen molar-refractivity contribution in [2.75, 3.05) is 0 Å². The van der Waals surface area contributed by atoms with E-state index >= 15 is 0 Å². The SMILES string of the molecule is CC(C)(C)C1CCC(C(=O)c2cccs2)CC1. The Balaban J connectivity index is 1.94. The monoisotopic (exact) mass is 250 g/mol. The zero-order valence-electron chi connectivity index (χ0n) is 11.0. The van der Waals surface area contributed by atoms with Gasteiger partial charge < -0.3 is 0 Å². The summed E-state index contributed by atoms with van der Waals surface area (Å²) in [6, 6.07) is 3.93. The molecule has 17 heavy (non-hydrogen) atoms. The molecule has 2 heteroatoms. The highest BCUT2D eigenvalue weighted by molar-refractivity contribution is 7.12. The number of hydrogen-bond acceptors (Lipinski definition) is 2. The number of carbonyl (C=O) groups is 1. The fourth-order valence-electron chi connectivity index (χ4n) is 2.84. The molecule has 1 aromatic heterocycles. The lowest BCUT2D eigenvalue weighted by Crippen LogP contribution is -2.28. The van der Waals surface area contributed by atoms with E-state index in [4.69, 9.17) is 0 Å². The number of ketones is 1. The molecular formula is C15H22OS. The van der Waals surface area contributed by atoms with Gasteiger partial charge in [-0.25, -0.2) is 0 Å². The van der Waals surface area contributed by atoms with Gasteiger partial charge >= 0.3 is 0 Å². The van der Waals surface area contributed by atoms with Crippen LogP contribution in [-0.4, -0.2) is 5.78 Å². The van der Waals surface area contributed by atoms with E-state index in [0.29, 0.717) is 11.2 Å². The van der Waals surface area contributed by atoms with Crippen LogP contribution < -0.4 is 0 Å². The second-order valence-corrected chi connectivity index (χ2v) is 7.20. The van der Waals surface area contributed by atoms with E-state index in [1.807, 2.05) is 17.5 Å². The van der Waals surface area contributed by atoms with Crippen LogP contribution in [-0.2, 0) is 0 Å². The molecule has 1 heterocycles. The highest BCUT2D eigenvalue weighted by Gasteiger charge is 2.32. The van der Waals surface area contributed by atoms with Crippen molar-refractivity contribution in [2.24, 2.45) is 17.3 Å². The lowest BCUT2D eigenvalue weighted by molar-refractivity contribution is 0.0823. The van der Waals surface area contributed by atoms with Gasteiger partial charge in [-0.2, -0.15) is 0 Å². The summed E-state index contributed by atoms with van der Waals surface area (Å²) in [6.07, 6.45) is 4.59. The molecule has 0 aromatic carbocycles. The summed E-state index contributed by atoms with van der Waals surface area (Å²) < 4.78 is 0. The number of carbonyl (C=O) groups excluding carboxylic acids is 1. The predicted octanol–water partition coefficient (Wildman–Crippen LogP) is 4.78. The van der Waals surface area contributed by atoms with Gasteiger partial charge in [-0.05, 0) is 48.5 Å². The Morgan fingerprint density at radius 1 is 1.24 bits per heavy atom. The second kappa shape index (κ2) is 4.93. The molecule has 2 rings (SSSR count).